The molecule has 0 aromatic carbocycles. The van der Waals surface area contributed by atoms with Crippen molar-refractivity contribution < 1.29 is 232 Å². The van der Waals surface area contributed by atoms with Crippen molar-refractivity contribution in [3.05, 3.63) is 0 Å². The lowest BCUT2D eigenvalue weighted by atomic mass is 10.4. The van der Waals surface area contributed by atoms with E-state index in [0.717, 1.165) is 0 Å². The maximum absolute atomic E-state index is 11.6. The largest absolute Gasteiger partial charge is 0.359 e. The zero-order chi connectivity index (χ0) is 72.1. The Morgan fingerprint density at radius 3 is 0.426 bits per heavy atom. The van der Waals surface area contributed by atoms with Gasteiger partial charge in [-0.2, -0.15) is 0 Å². The Morgan fingerprint density at radius 2 is 0.307 bits per heavy atom. The van der Waals surface area contributed by atoms with Crippen molar-refractivity contribution in [3.8, 4) is 0 Å². The van der Waals surface area contributed by atoms with Gasteiger partial charge < -0.3 is 218 Å². The van der Waals surface area contributed by atoms with Gasteiger partial charge in [0, 0.05) is 20.0 Å². The van der Waals surface area contributed by atoms with Crippen molar-refractivity contribution in [1.82, 2.24) is 5.06 Å². The molecule has 50 nitrogen and oxygen atoms in total. The highest BCUT2D eigenvalue weighted by Crippen LogP contribution is 2.12. The third-order valence-electron chi connectivity index (χ3n) is 8.79. The molecular weight excluding hydrogens is 1410 g/mol. The van der Waals surface area contributed by atoms with E-state index in [4.69, 9.17) is 208 Å². The summed E-state index contributed by atoms with van der Waals surface area (Å²) in [5.41, 5.74) is 0. The number of nitrogens with zero attached hydrogens (tertiary/aromatic N) is 1. The Morgan fingerprint density at radius 1 is 0.198 bits per heavy atom. The minimum atomic E-state index is -0.926. The molecule has 0 aromatic rings. The van der Waals surface area contributed by atoms with E-state index in [1.54, 1.807) is 0 Å². The van der Waals surface area contributed by atoms with Gasteiger partial charge in [-0.3, -0.25) is 9.59 Å². The number of ether oxygens (including phenoxy) is 45. The van der Waals surface area contributed by atoms with E-state index >= 15 is 0 Å². The number of methoxy groups -OCH3 is 1. The molecule has 600 valence electrons. The summed E-state index contributed by atoms with van der Waals surface area (Å²) in [5, 5.41) is 0.418. The van der Waals surface area contributed by atoms with E-state index in [0.29, 0.717) is 5.06 Å². The molecule has 0 spiro atoms. The van der Waals surface area contributed by atoms with Crippen LogP contribution in [0.4, 0.5) is 0 Å². The Kier molecular flexibility index (Phi) is 81.3. The summed E-state index contributed by atoms with van der Waals surface area (Å²) < 4.78 is 228. The number of hydrogen-bond acceptors (Lipinski definition) is 49. The lowest BCUT2D eigenvalue weighted by Gasteiger charge is -2.12. The second-order valence-electron chi connectivity index (χ2n) is 16.6. The predicted octanol–water partition coefficient (Wildman–Crippen LogP) is -1.90. The number of hydrogen-bond donors (Lipinski definition) is 0. The fourth-order valence-electron chi connectivity index (χ4n) is 4.99. The molecule has 0 atom stereocenters. The summed E-state index contributed by atoms with van der Waals surface area (Å²) in [6, 6.07) is 0. The van der Waals surface area contributed by atoms with Crippen LogP contribution in [0.1, 0.15) is 12.8 Å². The molecule has 1 heterocycles. The standard InChI is InChI=1S/C51H97NO49/c1-56-5-58-7-60-9-62-11-64-13-66-15-68-17-70-19-72-21-74-23-76-25-78-27-80-29-82-31-84-33-86-35-88-37-90-39-92-41-94-43-96-45-98-47-100-48-99-46-97-44-95-42-93-40-91-38-89-36-87-34-85-32-83-30-81-28-79-26-77-24-75-22-73-20-71-18-69-16-67-14-65-12-63-10-61-8-59-6-57-4-51(55)101-52-49(53)2-3-50(52)54/h2-48H2,1H3. The monoisotopic (exact) mass is 1510 g/mol. The first-order valence-electron chi connectivity index (χ1n) is 29.1. The summed E-state index contributed by atoms with van der Waals surface area (Å²) in [7, 11) is 1.50. The van der Waals surface area contributed by atoms with Gasteiger partial charge in [0.2, 0.25) is 0 Å². The van der Waals surface area contributed by atoms with Crippen molar-refractivity contribution in [1.29, 1.82) is 0 Å². The summed E-state index contributed by atoms with van der Waals surface area (Å²) in [4.78, 5) is 39.0. The number of imide groups is 1. The third-order valence-corrected chi connectivity index (χ3v) is 8.79. The zero-order valence-corrected chi connectivity index (χ0v) is 56.2. The molecule has 0 N–H and O–H groups in total. The van der Waals surface area contributed by atoms with E-state index in [-0.39, 0.29) is 312 Å². The average Bonchev–Trinajstić information content (AvgIpc) is 1.75. The normalized spacial score (nSPS) is 12.6. The molecule has 1 fully saturated rings. The van der Waals surface area contributed by atoms with Crippen LogP contribution in [0.5, 0.6) is 0 Å². The van der Waals surface area contributed by atoms with Crippen LogP contribution in [0, 0.1) is 0 Å². The molecule has 0 saturated carbocycles. The average molecular weight is 1510 g/mol. The summed E-state index contributed by atoms with van der Waals surface area (Å²) in [6.45, 7) is -4.99. The molecule has 0 aliphatic carbocycles. The highest BCUT2D eigenvalue weighted by molar-refractivity contribution is 6.01. The minimum Gasteiger partial charge on any atom is -0.359 e. The fraction of sp³-hybridized carbons (Fsp3) is 0.941. The van der Waals surface area contributed by atoms with E-state index in [9.17, 15) is 14.4 Å². The maximum atomic E-state index is 11.6. The fourth-order valence-corrected chi connectivity index (χ4v) is 4.99. The SMILES string of the molecule is COCOCOCOCOCOCOCOCOCOCOCOCOCOCOCOCOCOCOCOCOCOCOCOCOCOCOCOCOCOCOCOCOCOCOCOCOCOCOCOCOCOCOCOCOCC(=O)ON1C(=O)CCC1=O. The number of rotatable bonds is 91. The molecule has 2 amide bonds. The summed E-state index contributed by atoms with van der Waals surface area (Å²) in [5.74, 6) is -2.11. The molecule has 1 aliphatic rings. The van der Waals surface area contributed by atoms with Crippen LogP contribution >= 0.6 is 0 Å². The smallest absolute Gasteiger partial charge is 0.358 e. The third kappa shape index (κ3) is 79.2. The van der Waals surface area contributed by atoms with Crippen molar-refractivity contribution in [2.24, 2.45) is 0 Å². The van der Waals surface area contributed by atoms with Gasteiger partial charge in [-0.05, 0) is 0 Å². The van der Waals surface area contributed by atoms with Crippen LogP contribution in [0.25, 0.3) is 0 Å². The topological polar surface area (TPSA) is 479 Å². The molecule has 0 bridgehead atoms. The summed E-state index contributed by atoms with van der Waals surface area (Å²) in [6.07, 6.45) is -0.0197. The maximum Gasteiger partial charge on any atom is 0.358 e. The van der Waals surface area contributed by atoms with Gasteiger partial charge in [0.1, 0.15) is 20.2 Å². The van der Waals surface area contributed by atoms with Gasteiger partial charge in [0.15, 0.2) is 285 Å². The lowest BCUT2D eigenvalue weighted by molar-refractivity contribution is -0.243. The molecule has 1 rings (SSSR count). The van der Waals surface area contributed by atoms with Gasteiger partial charge in [0.25, 0.3) is 11.8 Å². The molecular formula is C51H97NO49. The first-order chi connectivity index (χ1) is 50.1. The number of carbonyl (C=O) groups is 3. The molecule has 50 heteroatoms. The Labute approximate surface area is 579 Å². The minimum absolute atomic E-state index is 0.00394. The molecule has 101 heavy (non-hydrogen) atoms. The number of hydroxylamine groups is 2. The van der Waals surface area contributed by atoms with E-state index in [1.165, 1.54) is 7.11 Å². The van der Waals surface area contributed by atoms with Crippen molar-refractivity contribution in [2.45, 2.75) is 12.8 Å². The van der Waals surface area contributed by atoms with Crippen LogP contribution in [0.15, 0.2) is 0 Å². The van der Waals surface area contributed by atoms with Crippen LogP contribution in [0.2, 0.25) is 0 Å². The molecule has 0 aromatic heterocycles. The molecule has 1 aliphatic heterocycles. The summed E-state index contributed by atoms with van der Waals surface area (Å²) >= 11 is 0. The number of amides is 2. The Balaban J connectivity index is 1.59. The first-order valence-corrected chi connectivity index (χ1v) is 29.1. The quantitative estimate of drug-likeness (QED) is 0.0365. The Bertz CT molecular complexity index is 1640. The van der Waals surface area contributed by atoms with Crippen molar-refractivity contribution >= 4 is 17.8 Å². The van der Waals surface area contributed by atoms with Gasteiger partial charge in [-0.15, -0.1) is 5.06 Å². The van der Waals surface area contributed by atoms with E-state index in [1.807, 2.05) is 0 Å². The molecule has 0 radical (unpaired) electrons. The van der Waals surface area contributed by atoms with E-state index in [2.05, 4.69) is 9.57 Å². The van der Waals surface area contributed by atoms with E-state index < -0.39 is 24.4 Å². The molecule has 1 saturated heterocycles. The van der Waals surface area contributed by atoms with Crippen LogP contribution in [0.3, 0.4) is 0 Å². The van der Waals surface area contributed by atoms with Crippen LogP contribution in [-0.2, 0) is 232 Å². The predicted molar refractivity (Wildman–Crippen MR) is 301 cm³/mol. The van der Waals surface area contributed by atoms with Gasteiger partial charge in [0.05, 0.1) is 0 Å². The van der Waals surface area contributed by atoms with Crippen molar-refractivity contribution in [2.75, 3.05) is 313 Å². The van der Waals surface area contributed by atoms with Crippen LogP contribution < -0.4 is 0 Å². The van der Waals surface area contributed by atoms with Crippen LogP contribution in [-0.4, -0.2) is 335 Å². The highest BCUT2D eigenvalue weighted by atomic mass is 16.9. The van der Waals surface area contributed by atoms with Gasteiger partial charge in [-0.1, -0.05) is 0 Å². The van der Waals surface area contributed by atoms with Gasteiger partial charge in [-0.25, -0.2) is 4.79 Å². The van der Waals surface area contributed by atoms with Gasteiger partial charge >= 0.3 is 5.97 Å². The Hall–Kier alpha value is -3.19. The van der Waals surface area contributed by atoms with Crippen molar-refractivity contribution in [3.63, 3.8) is 0 Å². The lowest BCUT2D eigenvalue weighted by Crippen LogP contribution is -2.33. The second kappa shape index (κ2) is 85.7. The second-order valence-corrected chi connectivity index (χ2v) is 16.6. The molecule has 0 unspecified atom stereocenters. The zero-order valence-electron chi connectivity index (χ0n) is 56.2. The highest BCUT2D eigenvalue weighted by Gasteiger charge is 2.32. The number of carbonyl (C=O) groups excluding carboxylic acids is 3. The first kappa shape index (κ1) is 95.8.